The molecule has 20 heavy (non-hydrogen) atoms. The van der Waals surface area contributed by atoms with Gasteiger partial charge < -0.3 is 10.4 Å². The molecular weight excluding hydrogens is 274 g/mol. The first-order valence-electron chi connectivity index (χ1n) is 7.41. The molecule has 4 heteroatoms. The van der Waals surface area contributed by atoms with Crippen LogP contribution in [0, 0.1) is 5.92 Å². The predicted molar refractivity (Wildman–Crippen MR) is 81.2 cm³/mol. The number of aromatic hydroxyl groups is 1. The summed E-state index contributed by atoms with van der Waals surface area (Å²) in [7, 11) is 0. The number of rotatable bonds is 4. The van der Waals surface area contributed by atoms with E-state index in [0.29, 0.717) is 16.5 Å². The lowest BCUT2D eigenvalue weighted by Gasteiger charge is -2.30. The Balaban J connectivity index is 2.04. The summed E-state index contributed by atoms with van der Waals surface area (Å²) < 4.78 is 0. The van der Waals surface area contributed by atoms with Gasteiger partial charge in [0.1, 0.15) is 5.75 Å². The van der Waals surface area contributed by atoms with E-state index < -0.39 is 0 Å². The lowest BCUT2D eigenvalue weighted by Crippen LogP contribution is -2.40. The number of phenolic OH excluding ortho intramolecular Hbond substituents is 1. The Bertz CT molecular complexity index is 470. The molecular formula is C16H22ClNO2. The van der Waals surface area contributed by atoms with Gasteiger partial charge in [-0.2, -0.15) is 0 Å². The van der Waals surface area contributed by atoms with Crippen LogP contribution in [0.4, 0.5) is 0 Å². The minimum Gasteiger partial charge on any atom is -0.507 e. The molecule has 1 aliphatic rings. The summed E-state index contributed by atoms with van der Waals surface area (Å²) in [5.41, 5.74) is 0.295. The molecule has 1 aromatic carbocycles. The number of carbonyl (C=O) groups excluding carboxylic acids is 1. The fraction of sp³-hybridized carbons (Fsp3) is 0.562. The zero-order valence-corrected chi connectivity index (χ0v) is 12.6. The van der Waals surface area contributed by atoms with Gasteiger partial charge in [0.25, 0.3) is 5.91 Å². The average molecular weight is 296 g/mol. The minimum atomic E-state index is -0.211. The largest absolute Gasteiger partial charge is 0.507 e. The first-order chi connectivity index (χ1) is 9.61. The Kier molecular flexibility index (Phi) is 5.30. The summed E-state index contributed by atoms with van der Waals surface area (Å²) in [5, 5.41) is 13.3. The number of halogens is 1. The maximum Gasteiger partial charge on any atom is 0.255 e. The van der Waals surface area contributed by atoms with Crippen LogP contribution < -0.4 is 5.32 Å². The summed E-state index contributed by atoms with van der Waals surface area (Å²) in [5.74, 6) is 0.289. The Labute approximate surface area is 125 Å². The van der Waals surface area contributed by atoms with Gasteiger partial charge in [0.2, 0.25) is 0 Å². The van der Waals surface area contributed by atoms with E-state index in [1.54, 1.807) is 12.1 Å². The average Bonchev–Trinajstić information content (AvgIpc) is 2.45. The highest BCUT2D eigenvalue weighted by molar-refractivity contribution is 6.30. The molecule has 0 heterocycles. The molecule has 0 aliphatic heterocycles. The van der Waals surface area contributed by atoms with Gasteiger partial charge in [-0.05, 0) is 43.4 Å². The third-order valence-electron chi connectivity index (χ3n) is 4.18. The molecule has 3 nitrogen and oxygen atoms in total. The van der Waals surface area contributed by atoms with Gasteiger partial charge in [-0.15, -0.1) is 0 Å². The maximum absolute atomic E-state index is 12.3. The van der Waals surface area contributed by atoms with Crippen molar-refractivity contribution in [2.45, 2.75) is 51.5 Å². The monoisotopic (exact) mass is 295 g/mol. The van der Waals surface area contributed by atoms with E-state index in [1.165, 1.54) is 38.2 Å². The summed E-state index contributed by atoms with van der Waals surface area (Å²) >= 11 is 5.78. The summed E-state index contributed by atoms with van der Waals surface area (Å²) in [6, 6.07) is 4.79. The van der Waals surface area contributed by atoms with Gasteiger partial charge in [-0.25, -0.2) is 0 Å². The van der Waals surface area contributed by atoms with Gasteiger partial charge in [0.05, 0.1) is 5.56 Å². The van der Waals surface area contributed by atoms with Crippen LogP contribution in [0.5, 0.6) is 5.75 Å². The molecule has 1 aromatic rings. The molecule has 110 valence electrons. The number of carbonyl (C=O) groups is 1. The lowest BCUT2D eigenvalue weighted by molar-refractivity contribution is 0.0908. The molecule has 1 saturated carbocycles. The topological polar surface area (TPSA) is 49.3 Å². The predicted octanol–water partition coefficient (Wildman–Crippen LogP) is 4.13. The van der Waals surface area contributed by atoms with Gasteiger partial charge >= 0.3 is 0 Å². The van der Waals surface area contributed by atoms with E-state index in [9.17, 15) is 9.90 Å². The first-order valence-corrected chi connectivity index (χ1v) is 7.79. The SMILES string of the molecule is CCC(NC(=O)c1ccc(Cl)cc1O)C1CCCCC1. The van der Waals surface area contributed by atoms with Crippen LogP contribution in [-0.2, 0) is 0 Å². The zero-order chi connectivity index (χ0) is 14.5. The van der Waals surface area contributed by atoms with Gasteiger partial charge in [-0.1, -0.05) is 37.8 Å². The third kappa shape index (κ3) is 3.66. The summed E-state index contributed by atoms with van der Waals surface area (Å²) in [6.45, 7) is 2.10. The third-order valence-corrected chi connectivity index (χ3v) is 4.41. The van der Waals surface area contributed by atoms with Crippen LogP contribution in [0.3, 0.4) is 0 Å². The van der Waals surface area contributed by atoms with Gasteiger partial charge in [0.15, 0.2) is 0 Å². The van der Waals surface area contributed by atoms with Crippen LogP contribution >= 0.6 is 11.6 Å². The van der Waals surface area contributed by atoms with Crippen LogP contribution in [-0.4, -0.2) is 17.1 Å². The van der Waals surface area contributed by atoms with Crippen molar-refractivity contribution in [1.82, 2.24) is 5.32 Å². The number of hydrogen-bond acceptors (Lipinski definition) is 2. The number of phenols is 1. The van der Waals surface area contributed by atoms with E-state index >= 15 is 0 Å². The Morgan fingerprint density at radius 1 is 1.40 bits per heavy atom. The second kappa shape index (κ2) is 6.98. The second-order valence-electron chi connectivity index (χ2n) is 5.55. The van der Waals surface area contributed by atoms with E-state index in [1.807, 2.05) is 0 Å². The number of hydrogen-bond donors (Lipinski definition) is 2. The molecule has 0 bridgehead atoms. The molecule has 1 amide bonds. The highest BCUT2D eigenvalue weighted by Gasteiger charge is 2.24. The fourth-order valence-corrected chi connectivity index (χ4v) is 3.20. The van der Waals surface area contributed by atoms with Crippen molar-refractivity contribution in [1.29, 1.82) is 0 Å². The van der Waals surface area contributed by atoms with Gasteiger partial charge in [-0.3, -0.25) is 4.79 Å². The minimum absolute atomic E-state index is 0.0616. The summed E-state index contributed by atoms with van der Waals surface area (Å²) in [6.07, 6.45) is 7.10. The quantitative estimate of drug-likeness (QED) is 0.877. The smallest absolute Gasteiger partial charge is 0.255 e. The van der Waals surface area contributed by atoms with Crippen LogP contribution in [0.1, 0.15) is 55.8 Å². The number of nitrogens with one attached hydrogen (secondary N) is 1. The van der Waals surface area contributed by atoms with Gasteiger partial charge in [0, 0.05) is 11.1 Å². The van der Waals surface area contributed by atoms with Crippen molar-refractivity contribution in [3.63, 3.8) is 0 Å². The maximum atomic E-state index is 12.3. The van der Waals surface area contributed by atoms with Crippen LogP contribution in [0.2, 0.25) is 5.02 Å². The van der Waals surface area contributed by atoms with Crippen molar-refractivity contribution in [3.05, 3.63) is 28.8 Å². The molecule has 0 saturated heterocycles. The number of benzene rings is 1. The highest BCUT2D eigenvalue weighted by atomic mass is 35.5. The zero-order valence-electron chi connectivity index (χ0n) is 11.9. The first kappa shape index (κ1) is 15.2. The lowest BCUT2D eigenvalue weighted by atomic mass is 9.83. The molecule has 1 unspecified atom stereocenters. The highest BCUT2D eigenvalue weighted by Crippen LogP contribution is 2.28. The van der Waals surface area contributed by atoms with E-state index in [-0.39, 0.29) is 17.7 Å². The summed E-state index contributed by atoms with van der Waals surface area (Å²) in [4.78, 5) is 12.3. The molecule has 1 fully saturated rings. The van der Waals surface area contributed by atoms with Crippen molar-refractivity contribution in [2.24, 2.45) is 5.92 Å². The molecule has 2 rings (SSSR count). The van der Waals surface area contributed by atoms with Crippen LogP contribution in [0.25, 0.3) is 0 Å². The standard InChI is InChI=1S/C16H22ClNO2/c1-2-14(11-6-4-3-5-7-11)18-16(20)13-9-8-12(17)10-15(13)19/h8-11,14,19H,2-7H2,1H3,(H,18,20). The molecule has 1 aliphatic carbocycles. The normalized spacial score (nSPS) is 17.7. The van der Waals surface area contributed by atoms with E-state index in [0.717, 1.165) is 6.42 Å². The Hall–Kier alpha value is -1.22. The number of amides is 1. The van der Waals surface area contributed by atoms with Crippen molar-refractivity contribution in [2.75, 3.05) is 0 Å². The molecule has 0 aromatic heterocycles. The second-order valence-corrected chi connectivity index (χ2v) is 5.98. The van der Waals surface area contributed by atoms with E-state index in [4.69, 9.17) is 11.6 Å². The van der Waals surface area contributed by atoms with Crippen molar-refractivity contribution >= 4 is 17.5 Å². The molecule has 2 N–H and O–H groups in total. The van der Waals surface area contributed by atoms with Crippen molar-refractivity contribution < 1.29 is 9.90 Å². The Morgan fingerprint density at radius 2 is 2.10 bits per heavy atom. The van der Waals surface area contributed by atoms with E-state index in [2.05, 4.69) is 12.2 Å². The van der Waals surface area contributed by atoms with Crippen LogP contribution in [0.15, 0.2) is 18.2 Å². The molecule has 0 radical (unpaired) electrons. The Morgan fingerprint density at radius 3 is 2.70 bits per heavy atom. The fourth-order valence-electron chi connectivity index (χ4n) is 3.03. The molecule has 1 atom stereocenters. The van der Waals surface area contributed by atoms with Crippen molar-refractivity contribution in [3.8, 4) is 5.75 Å². The molecule has 0 spiro atoms.